The van der Waals surface area contributed by atoms with Crippen LogP contribution in [0, 0.1) is 0 Å². The molecule has 2 atom stereocenters. The third-order valence-electron chi connectivity index (χ3n) is 1.87. The molecular weight excluding hydrogens is 196 g/mol. The molecule has 48 valence electrons. The van der Waals surface area contributed by atoms with E-state index < -0.39 is 0 Å². The number of hydrogen-bond acceptors (Lipinski definition) is 0. The second-order valence-electron chi connectivity index (χ2n) is 2.87. The molecule has 2 unspecified atom stereocenters. The molecule has 0 nitrogen and oxygen atoms in total. The number of hydrogen-bond donors (Lipinski definition) is 0. The highest BCUT2D eigenvalue weighted by Gasteiger charge is 2.17. The highest BCUT2D eigenvalue weighted by atomic mass is 79.9. The summed E-state index contributed by atoms with van der Waals surface area (Å²) in [5.74, 6) is 0. The second-order valence-corrected chi connectivity index (χ2v) is 13.2. The summed E-state index contributed by atoms with van der Waals surface area (Å²) >= 11 is 3.80. The van der Waals surface area contributed by atoms with Gasteiger partial charge in [-0.15, -0.1) is 15.3 Å². The van der Waals surface area contributed by atoms with Gasteiger partial charge in [0.1, 0.15) is 7.42 Å². The first-order chi connectivity index (χ1) is 3.79. The molecule has 3 heteroatoms. The van der Waals surface area contributed by atoms with Crippen LogP contribution in [-0.2, 0) is 0 Å². The lowest BCUT2D eigenvalue weighted by Gasteiger charge is -2.19. The molecular formula is C5H13BrSi2. The van der Waals surface area contributed by atoms with E-state index in [1.54, 1.807) is 24.2 Å². The van der Waals surface area contributed by atoms with Crippen LogP contribution in [0.4, 0.5) is 0 Å². The van der Waals surface area contributed by atoms with Crippen LogP contribution in [0.15, 0.2) is 0 Å². The molecule has 1 saturated heterocycles. The summed E-state index contributed by atoms with van der Waals surface area (Å²) in [5.41, 5.74) is 1.67. The third-order valence-corrected chi connectivity index (χ3v) is 14.3. The van der Waals surface area contributed by atoms with Crippen LogP contribution in [0.25, 0.3) is 0 Å². The van der Waals surface area contributed by atoms with Gasteiger partial charge in [0.2, 0.25) is 0 Å². The fourth-order valence-electron chi connectivity index (χ4n) is 1.36. The van der Waals surface area contributed by atoms with Gasteiger partial charge in [-0.05, 0) is 0 Å². The van der Waals surface area contributed by atoms with E-state index in [0.29, 0.717) is 0 Å². The summed E-state index contributed by atoms with van der Waals surface area (Å²) in [6, 6.07) is 3.19. The highest BCUT2D eigenvalue weighted by molar-refractivity contribution is 9.24. The molecule has 0 bridgehead atoms. The Hall–Kier alpha value is 0.914. The zero-order chi connectivity index (χ0) is 5.98. The van der Waals surface area contributed by atoms with Crippen molar-refractivity contribution in [3.05, 3.63) is 0 Å². The molecule has 1 heterocycles. The maximum atomic E-state index is 3.80. The Labute approximate surface area is 62.5 Å². The molecule has 1 aliphatic heterocycles. The number of rotatable bonds is 0. The summed E-state index contributed by atoms with van der Waals surface area (Å²) in [4.78, 5) is 0. The van der Waals surface area contributed by atoms with Crippen molar-refractivity contribution in [1.82, 2.24) is 0 Å². The summed E-state index contributed by atoms with van der Waals surface area (Å²) in [5, 5.41) is 0. The van der Waals surface area contributed by atoms with Crippen LogP contribution >= 0.6 is 15.3 Å². The molecule has 1 rings (SSSR count). The molecule has 0 aromatic carbocycles. The van der Waals surface area contributed by atoms with Crippen LogP contribution in [-0.4, -0.2) is 16.2 Å². The van der Waals surface area contributed by atoms with E-state index in [1.807, 2.05) is 0 Å². The van der Waals surface area contributed by atoms with E-state index in [2.05, 4.69) is 21.8 Å². The van der Waals surface area contributed by atoms with Crippen LogP contribution in [0.2, 0.25) is 24.3 Å². The second kappa shape index (κ2) is 3.18. The Morgan fingerprint density at radius 3 is 2.50 bits per heavy atom. The van der Waals surface area contributed by atoms with Gasteiger partial charge in [-0.25, -0.2) is 0 Å². The van der Waals surface area contributed by atoms with Crippen molar-refractivity contribution in [3.8, 4) is 0 Å². The molecule has 0 radical (unpaired) electrons. The topological polar surface area (TPSA) is 0 Å². The largest absolute Gasteiger partial charge is 0.131 e. The molecule has 1 aliphatic rings. The van der Waals surface area contributed by atoms with Gasteiger partial charge < -0.3 is 0 Å². The van der Waals surface area contributed by atoms with E-state index in [-0.39, 0.29) is 16.2 Å². The minimum Gasteiger partial charge on any atom is -0.131 e. The van der Waals surface area contributed by atoms with E-state index in [9.17, 15) is 0 Å². The van der Waals surface area contributed by atoms with Crippen LogP contribution in [0.3, 0.4) is 0 Å². The van der Waals surface area contributed by atoms with Crippen molar-refractivity contribution >= 4 is 31.5 Å². The molecule has 0 N–H and O–H groups in total. The Morgan fingerprint density at radius 1 is 1.38 bits per heavy atom. The molecule has 0 amide bonds. The lowest BCUT2D eigenvalue weighted by atomic mass is 10.6. The zero-order valence-corrected chi connectivity index (χ0v) is 9.26. The predicted molar refractivity (Wildman–Crippen MR) is 48.1 cm³/mol. The molecule has 1 fully saturated rings. The smallest absolute Gasteiger partial charge is 0.111 e. The van der Waals surface area contributed by atoms with E-state index in [0.717, 1.165) is 0 Å². The first-order valence-corrected chi connectivity index (χ1v) is 11.0. The van der Waals surface area contributed by atoms with Gasteiger partial charge in [0.25, 0.3) is 0 Å². The van der Waals surface area contributed by atoms with Gasteiger partial charge in [0, 0.05) is 8.80 Å². The molecule has 8 heavy (non-hydrogen) atoms. The highest BCUT2D eigenvalue weighted by Crippen LogP contribution is 2.22. The van der Waals surface area contributed by atoms with Crippen molar-refractivity contribution in [2.24, 2.45) is 0 Å². The van der Waals surface area contributed by atoms with Gasteiger partial charge in [-0.3, -0.25) is 0 Å². The van der Waals surface area contributed by atoms with Crippen molar-refractivity contribution in [2.75, 3.05) is 0 Å². The van der Waals surface area contributed by atoms with Crippen molar-refractivity contribution in [1.29, 1.82) is 0 Å². The monoisotopic (exact) mass is 208 g/mol. The Kier molecular flexibility index (Phi) is 2.79. The van der Waals surface area contributed by atoms with Gasteiger partial charge in [-0.2, -0.15) is 0 Å². The van der Waals surface area contributed by atoms with E-state index >= 15 is 0 Å². The minimum absolute atomic E-state index is 0.138. The lowest BCUT2D eigenvalue weighted by molar-refractivity contribution is 1.02. The Bertz CT molecular complexity index is 68.8. The first-order valence-electron chi connectivity index (χ1n) is 3.43. The average Bonchev–Trinajstić information content (AvgIpc) is 1.64. The van der Waals surface area contributed by atoms with Crippen LogP contribution in [0.5, 0.6) is 0 Å². The summed E-state index contributed by atoms with van der Waals surface area (Å²) in [7, 11) is -0.416. The van der Waals surface area contributed by atoms with Crippen molar-refractivity contribution in [2.45, 2.75) is 30.7 Å². The third kappa shape index (κ3) is 2.03. The first kappa shape index (κ1) is 7.03. The molecule has 0 aliphatic carbocycles. The Morgan fingerprint density at radius 2 is 2.12 bits per heavy atom. The number of halogens is 1. The summed E-state index contributed by atoms with van der Waals surface area (Å²) in [6.07, 6.45) is 1.55. The average molecular weight is 209 g/mol. The molecule has 0 spiro atoms. The van der Waals surface area contributed by atoms with Crippen molar-refractivity contribution < 1.29 is 0 Å². The van der Waals surface area contributed by atoms with Gasteiger partial charge >= 0.3 is 0 Å². The maximum absolute atomic E-state index is 3.80. The molecule has 0 aromatic heterocycles. The molecule has 0 saturated carbocycles. The summed E-state index contributed by atoms with van der Waals surface area (Å²) < 4.78 is 0. The van der Waals surface area contributed by atoms with Gasteiger partial charge in [0.05, 0.1) is 0 Å². The van der Waals surface area contributed by atoms with Crippen LogP contribution < -0.4 is 0 Å². The quantitative estimate of drug-likeness (QED) is 0.422. The maximum Gasteiger partial charge on any atom is 0.111 e. The minimum atomic E-state index is -0.278. The summed E-state index contributed by atoms with van der Waals surface area (Å²) in [6.45, 7) is 2.51. The molecule has 0 aromatic rings. The van der Waals surface area contributed by atoms with Gasteiger partial charge in [-0.1, -0.05) is 30.7 Å². The van der Waals surface area contributed by atoms with Crippen molar-refractivity contribution in [3.63, 3.8) is 0 Å². The van der Waals surface area contributed by atoms with Crippen LogP contribution in [0.1, 0.15) is 6.42 Å². The standard InChI is InChI=1S/C5H13BrSi2/c1-7-3-2-4-8(6)5-7/h7-8H,2-5H2,1H3. The fourth-order valence-corrected chi connectivity index (χ4v) is 15.5. The predicted octanol–water partition coefficient (Wildman–Crippen LogP) is 1.90. The van der Waals surface area contributed by atoms with E-state index in [4.69, 9.17) is 0 Å². The van der Waals surface area contributed by atoms with E-state index in [1.165, 1.54) is 0 Å². The SMILES string of the molecule is C[SiH]1CCC[SiH](Br)C1. The Balaban J connectivity index is 2.23. The zero-order valence-electron chi connectivity index (χ0n) is 5.36. The lowest BCUT2D eigenvalue weighted by Crippen LogP contribution is -2.21. The normalized spacial score (nSPS) is 39.8. The fraction of sp³-hybridized carbons (Fsp3) is 1.00. The van der Waals surface area contributed by atoms with Gasteiger partial charge in [0.15, 0.2) is 0 Å².